The van der Waals surface area contributed by atoms with Gasteiger partial charge in [0.25, 0.3) is 0 Å². The first-order chi connectivity index (χ1) is 10.7. The third-order valence-electron chi connectivity index (χ3n) is 4.56. The van der Waals surface area contributed by atoms with E-state index in [2.05, 4.69) is 15.0 Å². The topological polar surface area (TPSA) is 85.8 Å². The molecule has 2 aromatic heterocycles. The molecule has 2 aliphatic heterocycles. The number of imidazole rings is 1. The molecule has 2 unspecified atom stereocenters. The predicted octanol–water partition coefficient (Wildman–Crippen LogP) is 1.64. The minimum atomic E-state index is -0.460. The van der Waals surface area contributed by atoms with Gasteiger partial charge in [-0.3, -0.25) is 0 Å². The summed E-state index contributed by atoms with van der Waals surface area (Å²) >= 11 is 0. The molecule has 0 saturated carbocycles. The van der Waals surface area contributed by atoms with Gasteiger partial charge in [-0.1, -0.05) is 9.61 Å². The van der Waals surface area contributed by atoms with Crippen molar-refractivity contribution in [2.45, 2.75) is 25.4 Å². The highest BCUT2D eigenvalue weighted by Crippen LogP contribution is 2.30. The number of hydrogen-bond donors (Lipinski definition) is 0. The molecule has 8 heteroatoms. The molecule has 0 aliphatic carbocycles. The molecule has 2 aliphatic rings. The number of fused-ring (bicyclic) bond motifs is 2. The third-order valence-corrected chi connectivity index (χ3v) is 4.56. The zero-order valence-electron chi connectivity index (χ0n) is 12.1. The number of ether oxygens (including phenoxy) is 1. The summed E-state index contributed by atoms with van der Waals surface area (Å²) in [5.41, 5.74) is 0.492. The van der Waals surface area contributed by atoms with E-state index in [-0.39, 0.29) is 5.82 Å². The van der Waals surface area contributed by atoms with Crippen molar-refractivity contribution in [1.29, 1.82) is 0 Å². The molecule has 4 rings (SSSR count). The molecule has 0 aromatic carbocycles. The summed E-state index contributed by atoms with van der Waals surface area (Å²) < 4.78 is 7.13. The van der Waals surface area contributed by atoms with E-state index < -0.39 is 4.92 Å². The molecule has 4 heterocycles. The molecule has 0 N–H and O–H groups in total. The van der Waals surface area contributed by atoms with Crippen LogP contribution in [0.25, 0.3) is 5.65 Å². The van der Waals surface area contributed by atoms with E-state index in [0.29, 0.717) is 17.7 Å². The van der Waals surface area contributed by atoms with Crippen molar-refractivity contribution in [2.75, 3.05) is 24.6 Å². The van der Waals surface area contributed by atoms with Gasteiger partial charge in [0.05, 0.1) is 6.10 Å². The largest absolute Gasteiger partial charge is 0.378 e. The Balaban J connectivity index is 1.63. The third kappa shape index (κ3) is 2.19. The van der Waals surface area contributed by atoms with Crippen LogP contribution in [0.5, 0.6) is 0 Å². The minimum absolute atomic E-state index is 0.104. The average molecular weight is 303 g/mol. The van der Waals surface area contributed by atoms with Gasteiger partial charge in [-0.2, -0.15) is 0 Å². The molecular formula is C14H17N5O3. The maximum absolute atomic E-state index is 11.0. The average Bonchev–Trinajstić information content (AvgIpc) is 2.97. The second-order valence-electron chi connectivity index (χ2n) is 5.88. The Labute approximate surface area is 126 Å². The number of aromatic nitrogens is 3. The number of nitrogens with zero attached hydrogens (tertiary/aromatic N) is 5. The van der Waals surface area contributed by atoms with E-state index in [0.717, 1.165) is 38.4 Å². The van der Waals surface area contributed by atoms with Crippen LogP contribution in [0.3, 0.4) is 0 Å². The maximum Gasteiger partial charge on any atom is 0.368 e. The molecule has 0 bridgehead atoms. The van der Waals surface area contributed by atoms with Crippen LogP contribution in [0.2, 0.25) is 0 Å². The Morgan fingerprint density at radius 3 is 3.14 bits per heavy atom. The van der Waals surface area contributed by atoms with Crippen LogP contribution in [-0.2, 0) is 4.74 Å². The normalized spacial score (nSPS) is 25.2. The SMILES string of the molecule is O=[N+]([O-])c1cnc2ccc(N3CCC4OCCCC4C3)nn12. The number of anilines is 1. The lowest BCUT2D eigenvalue weighted by Gasteiger charge is -2.41. The zero-order chi connectivity index (χ0) is 15.1. The fraction of sp³-hybridized carbons (Fsp3) is 0.571. The molecule has 0 spiro atoms. The van der Waals surface area contributed by atoms with Gasteiger partial charge in [-0.05, 0) is 30.3 Å². The van der Waals surface area contributed by atoms with E-state index in [9.17, 15) is 10.1 Å². The van der Waals surface area contributed by atoms with Crippen LogP contribution in [0, 0.1) is 16.0 Å². The molecule has 22 heavy (non-hydrogen) atoms. The fourth-order valence-corrected chi connectivity index (χ4v) is 3.44. The van der Waals surface area contributed by atoms with Gasteiger partial charge in [-0.15, -0.1) is 0 Å². The molecular weight excluding hydrogens is 286 g/mol. The van der Waals surface area contributed by atoms with Gasteiger partial charge in [-0.25, -0.2) is 4.98 Å². The quantitative estimate of drug-likeness (QED) is 0.619. The molecule has 2 atom stereocenters. The first-order valence-corrected chi connectivity index (χ1v) is 7.58. The van der Waals surface area contributed by atoms with Crippen molar-refractivity contribution in [3.8, 4) is 0 Å². The highest BCUT2D eigenvalue weighted by Gasteiger charge is 2.33. The van der Waals surface area contributed by atoms with Crippen LogP contribution >= 0.6 is 0 Å². The first kappa shape index (κ1) is 13.4. The Morgan fingerprint density at radius 1 is 1.36 bits per heavy atom. The van der Waals surface area contributed by atoms with Crippen molar-refractivity contribution in [2.24, 2.45) is 5.92 Å². The molecule has 116 valence electrons. The Hall–Kier alpha value is -2.22. The smallest absolute Gasteiger partial charge is 0.368 e. The second-order valence-corrected chi connectivity index (χ2v) is 5.88. The Morgan fingerprint density at radius 2 is 2.27 bits per heavy atom. The van der Waals surface area contributed by atoms with Crippen molar-refractivity contribution in [3.63, 3.8) is 0 Å². The van der Waals surface area contributed by atoms with Crippen LogP contribution in [0.4, 0.5) is 11.6 Å². The number of rotatable bonds is 2. The number of hydrogen-bond acceptors (Lipinski definition) is 6. The summed E-state index contributed by atoms with van der Waals surface area (Å²) in [6.07, 6.45) is 4.86. The number of nitro groups is 1. The molecule has 2 saturated heterocycles. The van der Waals surface area contributed by atoms with Crippen molar-refractivity contribution in [1.82, 2.24) is 14.6 Å². The monoisotopic (exact) mass is 303 g/mol. The summed E-state index contributed by atoms with van der Waals surface area (Å²) in [6, 6.07) is 3.66. The van der Waals surface area contributed by atoms with Gasteiger partial charge < -0.3 is 19.8 Å². The number of piperidine rings is 1. The van der Waals surface area contributed by atoms with Gasteiger partial charge >= 0.3 is 5.82 Å². The molecule has 0 radical (unpaired) electrons. The van der Waals surface area contributed by atoms with E-state index in [1.165, 1.54) is 17.1 Å². The second kappa shape index (κ2) is 5.20. The van der Waals surface area contributed by atoms with Crippen molar-refractivity contribution < 1.29 is 9.66 Å². The van der Waals surface area contributed by atoms with E-state index >= 15 is 0 Å². The lowest BCUT2D eigenvalue weighted by Crippen LogP contribution is -2.46. The van der Waals surface area contributed by atoms with Gasteiger partial charge in [0.15, 0.2) is 5.82 Å². The summed E-state index contributed by atoms with van der Waals surface area (Å²) in [5.74, 6) is 1.18. The van der Waals surface area contributed by atoms with Crippen LogP contribution in [0.15, 0.2) is 18.3 Å². The molecule has 2 fully saturated rings. The highest BCUT2D eigenvalue weighted by atomic mass is 16.6. The van der Waals surface area contributed by atoms with E-state index in [1.807, 2.05) is 6.07 Å². The van der Waals surface area contributed by atoms with Gasteiger partial charge in [0, 0.05) is 31.7 Å². The van der Waals surface area contributed by atoms with Gasteiger partial charge in [0.2, 0.25) is 5.65 Å². The van der Waals surface area contributed by atoms with E-state index in [4.69, 9.17) is 4.74 Å². The summed E-state index contributed by atoms with van der Waals surface area (Å²) in [4.78, 5) is 16.8. The molecule has 0 amide bonds. The van der Waals surface area contributed by atoms with Crippen LogP contribution < -0.4 is 4.90 Å². The van der Waals surface area contributed by atoms with Crippen molar-refractivity contribution >= 4 is 17.3 Å². The molecule has 8 nitrogen and oxygen atoms in total. The Bertz CT molecular complexity index is 716. The van der Waals surface area contributed by atoms with Crippen LogP contribution in [0.1, 0.15) is 19.3 Å². The van der Waals surface area contributed by atoms with E-state index in [1.54, 1.807) is 6.07 Å². The minimum Gasteiger partial charge on any atom is -0.378 e. The summed E-state index contributed by atoms with van der Waals surface area (Å²) in [6.45, 7) is 2.63. The van der Waals surface area contributed by atoms with Crippen molar-refractivity contribution in [3.05, 3.63) is 28.4 Å². The fourth-order valence-electron chi connectivity index (χ4n) is 3.44. The predicted molar refractivity (Wildman–Crippen MR) is 78.9 cm³/mol. The van der Waals surface area contributed by atoms with Gasteiger partial charge in [0.1, 0.15) is 6.20 Å². The lowest BCUT2D eigenvalue weighted by molar-refractivity contribution is -0.391. The maximum atomic E-state index is 11.0. The first-order valence-electron chi connectivity index (χ1n) is 7.58. The highest BCUT2D eigenvalue weighted by molar-refractivity contribution is 5.49. The molecule has 2 aromatic rings. The standard InChI is InChI=1S/C14H17N5O3/c20-19(21)14-8-15-12-3-4-13(16-18(12)14)17-6-5-11-10(9-17)2-1-7-22-11/h3-4,8,10-11H,1-2,5-7,9H2. The summed E-state index contributed by atoms with van der Waals surface area (Å²) in [5, 5.41) is 15.4. The Kier molecular flexibility index (Phi) is 3.18. The summed E-state index contributed by atoms with van der Waals surface area (Å²) in [7, 11) is 0. The lowest BCUT2D eigenvalue weighted by atomic mass is 9.88. The van der Waals surface area contributed by atoms with Crippen LogP contribution in [-0.4, -0.2) is 45.3 Å². The zero-order valence-corrected chi connectivity index (χ0v) is 12.1.